The number of hydrogen-bond donors (Lipinski definition) is 2. The highest BCUT2D eigenvalue weighted by atomic mass is 16.3. The number of aryl methyl sites for hydroxylation is 2. The Morgan fingerprint density at radius 3 is 2.34 bits per heavy atom. The first-order valence-corrected chi connectivity index (χ1v) is 11.1. The number of urea groups is 1. The van der Waals surface area contributed by atoms with E-state index in [-0.39, 0.29) is 6.54 Å². The van der Waals surface area contributed by atoms with Crippen molar-refractivity contribution in [2.75, 3.05) is 29.9 Å². The van der Waals surface area contributed by atoms with Crippen molar-refractivity contribution >= 4 is 29.2 Å². The van der Waals surface area contributed by atoms with Crippen molar-refractivity contribution in [2.45, 2.75) is 52.0 Å². The zero-order chi connectivity index (χ0) is 22.9. The van der Waals surface area contributed by atoms with Gasteiger partial charge in [0.05, 0.1) is 0 Å². The van der Waals surface area contributed by atoms with Gasteiger partial charge in [0.2, 0.25) is 5.91 Å². The first-order chi connectivity index (χ1) is 15.3. The van der Waals surface area contributed by atoms with Gasteiger partial charge in [-0.05, 0) is 63.9 Å². The van der Waals surface area contributed by atoms with E-state index in [0.717, 1.165) is 23.7 Å². The molecule has 1 aromatic heterocycles. The molecule has 1 atom stereocenters. The maximum Gasteiger partial charge on any atom is 0.325 e. The first-order valence-electron chi connectivity index (χ1n) is 11.1. The van der Waals surface area contributed by atoms with Crippen LogP contribution in [0.4, 0.5) is 16.2 Å². The summed E-state index contributed by atoms with van der Waals surface area (Å²) in [6.07, 6.45) is 4.93. The quantitative estimate of drug-likeness (QED) is 0.695. The van der Waals surface area contributed by atoms with Crippen LogP contribution in [-0.2, 0) is 15.1 Å². The maximum absolute atomic E-state index is 13.1. The highest BCUT2D eigenvalue weighted by Crippen LogP contribution is 2.32. The molecular formula is C24H30N4O4. The van der Waals surface area contributed by atoms with E-state index in [2.05, 4.69) is 15.5 Å². The van der Waals surface area contributed by atoms with Crippen molar-refractivity contribution in [3.05, 3.63) is 47.4 Å². The van der Waals surface area contributed by atoms with E-state index >= 15 is 0 Å². The fourth-order valence-electron chi connectivity index (χ4n) is 4.58. The number of rotatable bonds is 5. The van der Waals surface area contributed by atoms with Gasteiger partial charge < -0.3 is 20.0 Å². The SMILES string of the molecule is Cc1cc(C2(C)NC(=O)N(CC(=O)Nc3ccc(N4CCCCCC4)cc3)C2=O)c(C)o1. The van der Waals surface area contributed by atoms with Crippen LogP contribution in [0, 0.1) is 13.8 Å². The monoisotopic (exact) mass is 438 g/mol. The first kappa shape index (κ1) is 21.9. The van der Waals surface area contributed by atoms with Gasteiger partial charge in [0.25, 0.3) is 5.91 Å². The number of amides is 4. The van der Waals surface area contributed by atoms with E-state index in [1.807, 2.05) is 24.3 Å². The van der Waals surface area contributed by atoms with E-state index in [0.29, 0.717) is 22.8 Å². The molecule has 2 N–H and O–H groups in total. The summed E-state index contributed by atoms with van der Waals surface area (Å²) in [5, 5.41) is 5.50. The molecule has 0 spiro atoms. The van der Waals surface area contributed by atoms with Crippen molar-refractivity contribution in [1.29, 1.82) is 0 Å². The van der Waals surface area contributed by atoms with E-state index in [1.165, 1.54) is 25.7 Å². The standard InChI is InChI=1S/C24H30N4O4/c1-16-14-20(17(2)32-16)24(3)22(30)28(23(31)26-24)15-21(29)25-18-8-10-19(11-9-18)27-12-6-4-5-7-13-27/h8-11,14H,4-7,12-13,15H2,1-3H3,(H,25,29)(H,26,31). The molecule has 1 unspecified atom stereocenters. The summed E-state index contributed by atoms with van der Waals surface area (Å²) in [6.45, 7) is 6.90. The molecule has 2 saturated heterocycles. The molecular weight excluding hydrogens is 408 g/mol. The summed E-state index contributed by atoms with van der Waals surface area (Å²) in [6, 6.07) is 8.84. The lowest BCUT2D eigenvalue weighted by Gasteiger charge is -2.23. The molecule has 4 amide bonds. The molecule has 2 aromatic rings. The van der Waals surface area contributed by atoms with Gasteiger partial charge in [-0.1, -0.05) is 12.8 Å². The molecule has 0 bridgehead atoms. The van der Waals surface area contributed by atoms with Crippen LogP contribution in [0.1, 0.15) is 49.7 Å². The Labute approximate surface area is 187 Å². The molecule has 2 aliphatic heterocycles. The Kier molecular flexibility index (Phi) is 5.95. The number of furan rings is 1. The molecule has 3 heterocycles. The number of benzene rings is 1. The third-order valence-corrected chi connectivity index (χ3v) is 6.28. The lowest BCUT2D eigenvalue weighted by atomic mass is 9.92. The van der Waals surface area contributed by atoms with Gasteiger partial charge in [0.15, 0.2) is 0 Å². The third-order valence-electron chi connectivity index (χ3n) is 6.28. The highest BCUT2D eigenvalue weighted by Gasteiger charge is 2.51. The van der Waals surface area contributed by atoms with Crippen LogP contribution in [0.2, 0.25) is 0 Å². The second-order valence-corrected chi connectivity index (χ2v) is 8.77. The van der Waals surface area contributed by atoms with Crippen molar-refractivity contribution in [3.8, 4) is 0 Å². The van der Waals surface area contributed by atoms with Gasteiger partial charge in [-0.2, -0.15) is 0 Å². The summed E-state index contributed by atoms with van der Waals surface area (Å²) >= 11 is 0. The van der Waals surface area contributed by atoms with Crippen molar-refractivity contribution in [2.24, 2.45) is 0 Å². The smallest absolute Gasteiger partial charge is 0.325 e. The predicted molar refractivity (Wildman–Crippen MR) is 122 cm³/mol. The predicted octanol–water partition coefficient (Wildman–Crippen LogP) is 3.68. The molecule has 0 radical (unpaired) electrons. The van der Waals surface area contributed by atoms with Crippen LogP contribution < -0.4 is 15.5 Å². The molecule has 2 aliphatic rings. The second kappa shape index (κ2) is 8.68. The molecule has 32 heavy (non-hydrogen) atoms. The zero-order valence-electron chi connectivity index (χ0n) is 18.9. The summed E-state index contributed by atoms with van der Waals surface area (Å²) in [5.41, 5.74) is 1.11. The number of anilines is 2. The van der Waals surface area contributed by atoms with Gasteiger partial charge in [0, 0.05) is 30.0 Å². The van der Waals surface area contributed by atoms with Gasteiger partial charge in [0.1, 0.15) is 23.6 Å². The molecule has 8 nitrogen and oxygen atoms in total. The molecule has 4 rings (SSSR count). The van der Waals surface area contributed by atoms with E-state index in [1.54, 1.807) is 26.8 Å². The topological polar surface area (TPSA) is 94.9 Å². The van der Waals surface area contributed by atoms with Crippen LogP contribution in [0.15, 0.2) is 34.7 Å². The fraction of sp³-hybridized carbons (Fsp3) is 0.458. The molecule has 1 aromatic carbocycles. The molecule has 2 fully saturated rings. The van der Waals surface area contributed by atoms with Crippen LogP contribution >= 0.6 is 0 Å². The molecule has 0 saturated carbocycles. The third kappa shape index (κ3) is 4.22. The second-order valence-electron chi connectivity index (χ2n) is 8.77. The van der Waals surface area contributed by atoms with E-state index < -0.39 is 23.4 Å². The fourth-order valence-corrected chi connectivity index (χ4v) is 4.58. The normalized spacial score (nSPS) is 21.5. The van der Waals surface area contributed by atoms with Gasteiger partial charge in [-0.15, -0.1) is 0 Å². The largest absolute Gasteiger partial charge is 0.466 e. The van der Waals surface area contributed by atoms with Crippen molar-refractivity contribution in [1.82, 2.24) is 10.2 Å². The van der Waals surface area contributed by atoms with E-state index in [4.69, 9.17) is 4.42 Å². The Balaban J connectivity index is 1.40. The van der Waals surface area contributed by atoms with Crippen molar-refractivity contribution in [3.63, 3.8) is 0 Å². The Bertz CT molecular complexity index is 1020. The summed E-state index contributed by atoms with van der Waals surface area (Å²) in [5.74, 6) is 0.313. The van der Waals surface area contributed by atoms with Gasteiger partial charge in [-0.3, -0.25) is 14.5 Å². The summed E-state index contributed by atoms with van der Waals surface area (Å²) in [7, 11) is 0. The van der Waals surface area contributed by atoms with Crippen LogP contribution in [0.5, 0.6) is 0 Å². The Hall–Kier alpha value is -3.29. The average Bonchev–Trinajstić information content (AvgIpc) is 3.06. The molecule has 170 valence electrons. The lowest BCUT2D eigenvalue weighted by Crippen LogP contribution is -2.42. The average molecular weight is 439 g/mol. The van der Waals surface area contributed by atoms with Crippen LogP contribution in [0.25, 0.3) is 0 Å². The number of carbonyl (C=O) groups excluding carboxylic acids is 3. The number of carbonyl (C=O) groups is 3. The summed E-state index contributed by atoms with van der Waals surface area (Å²) in [4.78, 5) is 41.5. The van der Waals surface area contributed by atoms with Gasteiger partial charge in [-0.25, -0.2) is 4.79 Å². The number of hydrogen-bond acceptors (Lipinski definition) is 5. The van der Waals surface area contributed by atoms with Crippen molar-refractivity contribution < 1.29 is 18.8 Å². The number of imide groups is 1. The maximum atomic E-state index is 13.1. The highest BCUT2D eigenvalue weighted by molar-refractivity contribution is 6.10. The minimum Gasteiger partial charge on any atom is -0.466 e. The van der Waals surface area contributed by atoms with Crippen LogP contribution in [0.3, 0.4) is 0 Å². The molecule has 8 heteroatoms. The lowest BCUT2D eigenvalue weighted by molar-refractivity contribution is -0.133. The Morgan fingerprint density at radius 2 is 1.75 bits per heavy atom. The minimum absolute atomic E-state index is 0.357. The Morgan fingerprint density at radius 1 is 1.09 bits per heavy atom. The van der Waals surface area contributed by atoms with Gasteiger partial charge >= 0.3 is 6.03 Å². The molecule has 0 aliphatic carbocycles. The van der Waals surface area contributed by atoms with Crippen LogP contribution in [-0.4, -0.2) is 42.4 Å². The number of nitrogens with zero attached hydrogens (tertiary/aromatic N) is 2. The number of nitrogens with one attached hydrogen (secondary N) is 2. The summed E-state index contributed by atoms with van der Waals surface area (Å²) < 4.78 is 5.53. The van der Waals surface area contributed by atoms with E-state index in [9.17, 15) is 14.4 Å². The minimum atomic E-state index is -1.26. The zero-order valence-corrected chi connectivity index (χ0v) is 18.9.